The molecule has 0 aliphatic rings. The highest BCUT2D eigenvalue weighted by atomic mass is 32.2. The second kappa shape index (κ2) is 13.4. The van der Waals surface area contributed by atoms with E-state index < -0.39 is 45.1 Å². The number of benzene rings is 2. The lowest BCUT2D eigenvalue weighted by atomic mass is 10.00. The van der Waals surface area contributed by atoms with Crippen LogP contribution in [0.25, 0.3) is 22.2 Å². The number of aromatic nitrogens is 2. The van der Waals surface area contributed by atoms with Gasteiger partial charge in [-0.1, -0.05) is 32.4 Å². The zero-order valence-electron chi connectivity index (χ0n) is 21.1. The summed E-state index contributed by atoms with van der Waals surface area (Å²) in [5.41, 5.74) is -0.0360. The van der Waals surface area contributed by atoms with E-state index in [1.165, 1.54) is 12.6 Å². The Hall–Kier alpha value is -4.45. The molecule has 4 rings (SSSR count). The van der Waals surface area contributed by atoms with Crippen LogP contribution in [0.15, 0.2) is 59.2 Å². The molecule has 0 bridgehead atoms. The predicted octanol–water partition coefficient (Wildman–Crippen LogP) is 6.09. The second-order valence-electron chi connectivity index (χ2n) is 8.29. The SMILES string of the molecule is CCC.O=C(O)CCCOc1ccc(-c2cnc3[nH]cc(C(=O)c4c(F)ccc(N=S(=O)=O)c4F)c3c2)cc1. The maximum Gasteiger partial charge on any atom is 0.316 e. The molecule has 9 nitrogen and oxygen atoms in total. The molecule has 0 fully saturated rings. The van der Waals surface area contributed by atoms with Crippen LogP contribution in [0.3, 0.4) is 0 Å². The number of aromatic amines is 1. The number of nitrogens with one attached hydrogen (secondary N) is 1. The van der Waals surface area contributed by atoms with Crippen LogP contribution >= 0.6 is 0 Å². The van der Waals surface area contributed by atoms with Crippen LogP contribution in [-0.2, 0) is 15.3 Å². The lowest BCUT2D eigenvalue weighted by Gasteiger charge is -2.08. The summed E-state index contributed by atoms with van der Waals surface area (Å²) in [6, 6.07) is 10.1. The number of aliphatic carboxylic acids is 1. The zero-order chi connectivity index (χ0) is 28.5. The Kier molecular flexibility index (Phi) is 9.98. The average Bonchev–Trinajstić information content (AvgIpc) is 3.32. The highest BCUT2D eigenvalue weighted by Gasteiger charge is 2.24. The van der Waals surface area contributed by atoms with Crippen molar-refractivity contribution in [2.75, 3.05) is 6.61 Å². The van der Waals surface area contributed by atoms with Gasteiger partial charge in [-0.3, -0.25) is 9.59 Å². The number of ether oxygens (including phenoxy) is 1. The molecule has 204 valence electrons. The van der Waals surface area contributed by atoms with Crippen LogP contribution in [0, 0.1) is 11.6 Å². The van der Waals surface area contributed by atoms with E-state index >= 15 is 0 Å². The van der Waals surface area contributed by atoms with Crippen LogP contribution in [-0.4, -0.2) is 41.9 Å². The summed E-state index contributed by atoms with van der Waals surface area (Å²) in [5, 5.41) is 8.98. The molecular weight excluding hydrogens is 532 g/mol. The molecular formula is C27H25F2N3O6S. The first-order chi connectivity index (χ1) is 18.7. The van der Waals surface area contributed by atoms with Crippen molar-refractivity contribution in [1.82, 2.24) is 9.97 Å². The van der Waals surface area contributed by atoms with Crippen molar-refractivity contribution in [1.29, 1.82) is 0 Å². The average molecular weight is 558 g/mol. The van der Waals surface area contributed by atoms with Crippen LogP contribution in [0.4, 0.5) is 14.5 Å². The predicted molar refractivity (Wildman–Crippen MR) is 141 cm³/mol. The maximum atomic E-state index is 14.8. The number of carbonyl (C=O) groups excluding carboxylic acids is 1. The van der Waals surface area contributed by atoms with Gasteiger partial charge in [-0.2, -0.15) is 8.42 Å². The number of pyridine rings is 1. The molecule has 2 heterocycles. The van der Waals surface area contributed by atoms with Gasteiger partial charge in [0.15, 0.2) is 5.82 Å². The minimum absolute atomic E-state index is 0.00644. The standard InChI is InChI=1S/C24H17F2N3O6S.C3H8/c25-18-7-8-19(29-36(33)34)22(26)21(18)23(32)17-12-28-24-16(17)10-14(11-27-24)13-3-5-15(6-4-13)35-9-1-2-20(30)31;1-3-2/h3-8,10-12H,1-2,9H2,(H,27,28)(H,30,31);3H2,1-2H3. The van der Waals surface area contributed by atoms with Crippen LogP contribution < -0.4 is 4.74 Å². The maximum absolute atomic E-state index is 14.8. The molecule has 0 amide bonds. The number of carboxylic acids is 1. The van der Waals surface area contributed by atoms with Crippen LogP contribution in [0.2, 0.25) is 0 Å². The number of rotatable bonds is 9. The van der Waals surface area contributed by atoms with E-state index in [1.54, 1.807) is 36.5 Å². The molecule has 12 heteroatoms. The van der Waals surface area contributed by atoms with Crippen molar-refractivity contribution in [3.63, 3.8) is 0 Å². The van der Waals surface area contributed by atoms with Crippen LogP contribution in [0.1, 0.15) is 49.0 Å². The largest absolute Gasteiger partial charge is 0.494 e. The van der Waals surface area contributed by atoms with Crippen molar-refractivity contribution in [3.8, 4) is 16.9 Å². The molecule has 2 aromatic heterocycles. The third-order valence-corrected chi connectivity index (χ3v) is 5.58. The number of hydrogen-bond acceptors (Lipinski definition) is 7. The van der Waals surface area contributed by atoms with Gasteiger partial charge >= 0.3 is 16.5 Å². The van der Waals surface area contributed by atoms with E-state index in [0.29, 0.717) is 28.8 Å². The van der Waals surface area contributed by atoms with E-state index in [1.807, 2.05) is 0 Å². The Morgan fingerprint density at radius 2 is 1.77 bits per heavy atom. The lowest BCUT2D eigenvalue weighted by molar-refractivity contribution is -0.137. The smallest absolute Gasteiger partial charge is 0.316 e. The molecule has 0 spiro atoms. The van der Waals surface area contributed by atoms with Gasteiger partial charge in [-0.05, 0) is 42.3 Å². The van der Waals surface area contributed by atoms with Gasteiger partial charge in [0.25, 0.3) is 0 Å². The normalized spacial score (nSPS) is 10.5. The monoisotopic (exact) mass is 557 g/mol. The molecule has 2 N–H and O–H groups in total. The Morgan fingerprint density at radius 3 is 2.41 bits per heavy atom. The fourth-order valence-corrected chi connectivity index (χ4v) is 3.84. The number of carbonyl (C=O) groups is 2. The highest BCUT2D eigenvalue weighted by Crippen LogP contribution is 2.30. The minimum Gasteiger partial charge on any atom is -0.494 e. The summed E-state index contributed by atoms with van der Waals surface area (Å²) in [6.07, 6.45) is 4.45. The summed E-state index contributed by atoms with van der Waals surface area (Å²) in [6.45, 7) is 4.50. The summed E-state index contributed by atoms with van der Waals surface area (Å²) >= 11 is 0. The van der Waals surface area contributed by atoms with Gasteiger partial charge in [-0.25, -0.2) is 13.8 Å². The van der Waals surface area contributed by atoms with Crippen molar-refractivity contribution in [3.05, 3.63) is 77.6 Å². The number of nitrogens with zero attached hydrogens (tertiary/aromatic N) is 2. The van der Waals surface area contributed by atoms with E-state index in [0.717, 1.165) is 17.7 Å². The highest BCUT2D eigenvalue weighted by molar-refractivity contribution is 7.61. The summed E-state index contributed by atoms with van der Waals surface area (Å²) < 4.78 is 59.4. The molecule has 2 aromatic carbocycles. The molecule has 0 aliphatic heterocycles. The summed E-state index contributed by atoms with van der Waals surface area (Å²) in [5.74, 6) is -3.90. The third-order valence-electron chi connectivity index (χ3n) is 5.24. The second-order valence-corrected chi connectivity index (χ2v) is 8.91. The number of carboxylic acid groups (broad SMARTS) is 1. The summed E-state index contributed by atoms with van der Waals surface area (Å²) in [4.78, 5) is 30.7. The molecule has 0 unspecified atom stereocenters. The van der Waals surface area contributed by atoms with Gasteiger partial charge in [-0.15, -0.1) is 4.36 Å². The molecule has 0 saturated carbocycles. The zero-order valence-corrected chi connectivity index (χ0v) is 21.9. The van der Waals surface area contributed by atoms with E-state index in [-0.39, 0.29) is 18.6 Å². The Bertz CT molecular complexity index is 1630. The first-order valence-corrected chi connectivity index (χ1v) is 12.9. The molecule has 4 aromatic rings. The fraction of sp³-hybridized carbons (Fsp3) is 0.222. The number of fused-ring (bicyclic) bond motifs is 1. The quantitative estimate of drug-likeness (QED) is 0.187. The Balaban J connectivity index is 0.00000134. The van der Waals surface area contributed by atoms with Gasteiger partial charge in [0.2, 0.25) is 5.78 Å². The molecule has 0 radical (unpaired) electrons. The first-order valence-electron chi connectivity index (χ1n) is 11.9. The minimum atomic E-state index is -2.99. The number of H-pyrrole nitrogens is 1. The number of hydrogen-bond donors (Lipinski definition) is 2. The van der Waals surface area contributed by atoms with Crippen molar-refractivity contribution in [2.24, 2.45) is 4.36 Å². The van der Waals surface area contributed by atoms with Gasteiger partial charge < -0.3 is 14.8 Å². The number of halogens is 2. The molecule has 0 aliphatic carbocycles. The van der Waals surface area contributed by atoms with Crippen molar-refractivity contribution in [2.45, 2.75) is 33.1 Å². The first kappa shape index (κ1) is 29.1. The fourth-order valence-electron chi connectivity index (χ4n) is 3.54. The Morgan fingerprint density at radius 1 is 1.08 bits per heavy atom. The third kappa shape index (κ3) is 7.32. The van der Waals surface area contributed by atoms with Gasteiger partial charge in [0, 0.05) is 35.3 Å². The van der Waals surface area contributed by atoms with Crippen molar-refractivity contribution < 1.29 is 36.6 Å². The Labute approximate surface area is 224 Å². The van der Waals surface area contributed by atoms with Gasteiger partial charge in [0.05, 0.1) is 12.2 Å². The van der Waals surface area contributed by atoms with E-state index in [4.69, 9.17) is 9.84 Å². The number of ketones is 1. The van der Waals surface area contributed by atoms with Crippen molar-refractivity contribution >= 4 is 39.0 Å². The van der Waals surface area contributed by atoms with E-state index in [9.17, 15) is 26.8 Å². The lowest BCUT2D eigenvalue weighted by Crippen LogP contribution is -2.07. The molecule has 0 atom stereocenters. The van der Waals surface area contributed by atoms with E-state index in [2.05, 4.69) is 28.2 Å². The molecule has 39 heavy (non-hydrogen) atoms. The topological polar surface area (TPSA) is 139 Å². The summed E-state index contributed by atoms with van der Waals surface area (Å²) in [7, 11) is -2.99. The molecule has 0 saturated heterocycles. The van der Waals surface area contributed by atoms with Gasteiger partial charge in [0.1, 0.15) is 22.9 Å². The van der Waals surface area contributed by atoms with Crippen LogP contribution in [0.5, 0.6) is 5.75 Å².